The molecule has 0 heterocycles. The van der Waals surface area contributed by atoms with Crippen LogP contribution in [0.15, 0.2) is 35.4 Å². The molecule has 0 N–H and O–H groups in total. The fraction of sp³-hybridized carbons (Fsp3) is 0.400. The van der Waals surface area contributed by atoms with Crippen molar-refractivity contribution in [2.45, 2.75) is 13.8 Å². The van der Waals surface area contributed by atoms with Crippen LogP contribution in [-0.2, 0) is 0 Å². The molecule has 0 aromatic rings. The second-order valence-electron chi connectivity index (χ2n) is 2.73. The lowest BCUT2D eigenvalue weighted by atomic mass is 10.2. The summed E-state index contributed by atoms with van der Waals surface area (Å²) in [5, 5.41) is 0. The van der Waals surface area contributed by atoms with E-state index in [1.165, 1.54) is 0 Å². The Morgan fingerprint density at radius 2 is 2.08 bits per heavy atom. The first-order chi connectivity index (χ1) is 5.70. The van der Waals surface area contributed by atoms with Gasteiger partial charge in [-0.05, 0) is 18.4 Å². The average Bonchev–Trinajstić information content (AvgIpc) is 2.11. The second-order valence-corrected chi connectivity index (χ2v) is 3.26. The summed E-state index contributed by atoms with van der Waals surface area (Å²) in [4.78, 5) is 0. The van der Waals surface area contributed by atoms with Crippen LogP contribution in [0.4, 0.5) is 0 Å². The molecule has 0 saturated carbocycles. The van der Waals surface area contributed by atoms with E-state index < -0.39 is 0 Å². The smallest absolute Gasteiger partial charge is 0.0283 e. The lowest BCUT2D eigenvalue weighted by Gasteiger charge is -1.94. The summed E-state index contributed by atoms with van der Waals surface area (Å²) >= 11 is 11.1. The van der Waals surface area contributed by atoms with Gasteiger partial charge in [0.1, 0.15) is 0 Å². The monoisotopic (exact) mass is 204 g/mol. The maximum Gasteiger partial charge on any atom is 0.0283 e. The summed E-state index contributed by atoms with van der Waals surface area (Å²) in [5.41, 5.74) is 2.59. The van der Waals surface area contributed by atoms with Gasteiger partial charge in [-0.2, -0.15) is 0 Å². The minimum atomic E-state index is 0.427. The Bertz CT molecular complexity index is 190. The fourth-order valence-corrected chi connectivity index (χ4v) is 0.725. The van der Waals surface area contributed by atoms with Crippen LogP contribution in [0.2, 0.25) is 0 Å². The molecule has 1 atom stereocenters. The van der Waals surface area contributed by atoms with E-state index in [0.717, 1.165) is 5.57 Å². The molecule has 0 bridgehead atoms. The van der Waals surface area contributed by atoms with Crippen molar-refractivity contribution >= 4 is 23.2 Å². The van der Waals surface area contributed by atoms with E-state index in [1.807, 2.05) is 25.2 Å². The van der Waals surface area contributed by atoms with Crippen LogP contribution in [0.5, 0.6) is 0 Å². The second kappa shape index (κ2) is 7.45. The Hall–Kier alpha value is -0.200. The van der Waals surface area contributed by atoms with Crippen molar-refractivity contribution in [2.24, 2.45) is 5.92 Å². The van der Waals surface area contributed by atoms with Gasteiger partial charge in [-0.25, -0.2) is 0 Å². The molecule has 0 aliphatic heterocycles. The van der Waals surface area contributed by atoms with Crippen molar-refractivity contribution in [3.63, 3.8) is 0 Å². The van der Waals surface area contributed by atoms with Crippen molar-refractivity contribution in [1.82, 2.24) is 0 Å². The van der Waals surface area contributed by atoms with E-state index in [0.29, 0.717) is 11.8 Å². The van der Waals surface area contributed by atoms with Gasteiger partial charge in [0.25, 0.3) is 0 Å². The first kappa shape index (κ1) is 11.8. The Balaban J connectivity index is 3.81. The number of alkyl halides is 1. The van der Waals surface area contributed by atoms with Crippen LogP contribution in [0.25, 0.3) is 0 Å². The molecular formula is C10H14Cl2. The third-order valence-corrected chi connectivity index (χ3v) is 2.16. The Morgan fingerprint density at radius 1 is 1.42 bits per heavy atom. The summed E-state index contributed by atoms with van der Waals surface area (Å²) < 4.78 is 0. The number of allylic oxidation sites excluding steroid dienone is 5. The van der Waals surface area contributed by atoms with Gasteiger partial charge < -0.3 is 0 Å². The molecule has 0 aromatic carbocycles. The molecule has 12 heavy (non-hydrogen) atoms. The normalized spacial score (nSPS) is 16.2. The minimum absolute atomic E-state index is 0.427. The van der Waals surface area contributed by atoms with Crippen molar-refractivity contribution in [2.75, 3.05) is 5.88 Å². The first-order valence-electron chi connectivity index (χ1n) is 3.88. The van der Waals surface area contributed by atoms with Crippen LogP contribution in [0, 0.1) is 5.92 Å². The quantitative estimate of drug-likeness (QED) is 0.478. The zero-order valence-corrected chi connectivity index (χ0v) is 8.94. The fourth-order valence-electron chi connectivity index (χ4n) is 0.549. The predicted octanol–water partition coefficient (Wildman–Crippen LogP) is 4.12. The zero-order valence-electron chi connectivity index (χ0n) is 7.43. The van der Waals surface area contributed by atoms with E-state index in [1.54, 1.807) is 5.54 Å². The van der Waals surface area contributed by atoms with Gasteiger partial charge in [-0.1, -0.05) is 42.8 Å². The molecule has 0 spiro atoms. The molecule has 0 rings (SSSR count). The number of halogens is 2. The molecule has 0 saturated heterocycles. The first-order valence-corrected chi connectivity index (χ1v) is 4.85. The van der Waals surface area contributed by atoms with Crippen molar-refractivity contribution < 1.29 is 0 Å². The summed E-state index contributed by atoms with van der Waals surface area (Å²) in [6, 6.07) is 0. The lowest BCUT2D eigenvalue weighted by molar-refractivity contribution is 0.841. The van der Waals surface area contributed by atoms with E-state index in [-0.39, 0.29) is 0 Å². The molecule has 0 fully saturated rings. The standard InChI is InChI=1S/C10H14Cl2/c1-9(7-11)5-3-4-6-10(2)8-12/h3-7,10H,8H2,1-2H3. The van der Waals surface area contributed by atoms with E-state index in [4.69, 9.17) is 23.2 Å². The largest absolute Gasteiger partial charge is 0.126 e. The molecular weight excluding hydrogens is 191 g/mol. The Labute approximate surface area is 84.6 Å². The van der Waals surface area contributed by atoms with Crippen LogP contribution in [-0.4, -0.2) is 5.88 Å². The Kier molecular flexibility index (Phi) is 7.33. The highest BCUT2D eigenvalue weighted by Gasteiger charge is 1.89. The maximum absolute atomic E-state index is 5.61. The average molecular weight is 205 g/mol. The molecule has 2 heteroatoms. The molecule has 0 nitrogen and oxygen atoms in total. The van der Waals surface area contributed by atoms with Gasteiger partial charge in [-0.3, -0.25) is 0 Å². The predicted molar refractivity (Wildman–Crippen MR) is 57.8 cm³/mol. The maximum atomic E-state index is 5.61. The van der Waals surface area contributed by atoms with Crippen LogP contribution < -0.4 is 0 Å². The van der Waals surface area contributed by atoms with E-state index in [9.17, 15) is 0 Å². The van der Waals surface area contributed by atoms with E-state index in [2.05, 4.69) is 13.0 Å². The number of hydrogen-bond acceptors (Lipinski definition) is 0. The van der Waals surface area contributed by atoms with Crippen molar-refractivity contribution in [1.29, 1.82) is 0 Å². The molecule has 0 aromatic heterocycles. The Morgan fingerprint density at radius 3 is 2.58 bits per heavy atom. The zero-order chi connectivity index (χ0) is 9.40. The van der Waals surface area contributed by atoms with Crippen LogP contribution in [0.1, 0.15) is 13.8 Å². The molecule has 0 aliphatic carbocycles. The third kappa shape index (κ3) is 6.51. The molecule has 0 radical (unpaired) electrons. The highest BCUT2D eigenvalue weighted by Crippen LogP contribution is 2.01. The summed E-state index contributed by atoms with van der Waals surface area (Å²) in [6.45, 7) is 4.02. The SMILES string of the molecule is CC(C=CC=CC(C)CCl)=CCl. The molecule has 0 amide bonds. The number of rotatable bonds is 4. The summed E-state index contributed by atoms with van der Waals surface area (Å²) in [5.74, 6) is 1.09. The minimum Gasteiger partial charge on any atom is -0.126 e. The van der Waals surface area contributed by atoms with Gasteiger partial charge in [0, 0.05) is 11.4 Å². The van der Waals surface area contributed by atoms with Gasteiger partial charge in [0.05, 0.1) is 0 Å². The van der Waals surface area contributed by atoms with Crippen molar-refractivity contribution in [3.05, 3.63) is 35.4 Å². The molecule has 0 aliphatic rings. The van der Waals surface area contributed by atoms with Gasteiger partial charge in [-0.15, -0.1) is 11.6 Å². The highest BCUT2D eigenvalue weighted by atomic mass is 35.5. The number of hydrogen-bond donors (Lipinski definition) is 0. The van der Waals surface area contributed by atoms with E-state index >= 15 is 0 Å². The third-order valence-electron chi connectivity index (χ3n) is 1.33. The summed E-state index contributed by atoms with van der Waals surface area (Å²) in [7, 11) is 0. The molecule has 1 unspecified atom stereocenters. The highest BCUT2D eigenvalue weighted by molar-refractivity contribution is 6.25. The van der Waals surface area contributed by atoms with Crippen molar-refractivity contribution in [3.8, 4) is 0 Å². The van der Waals surface area contributed by atoms with Crippen LogP contribution in [0.3, 0.4) is 0 Å². The van der Waals surface area contributed by atoms with Crippen LogP contribution >= 0.6 is 23.2 Å². The topological polar surface area (TPSA) is 0 Å². The van der Waals surface area contributed by atoms with Gasteiger partial charge >= 0.3 is 0 Å². The molecule has 68 valence electrons. The summed E-state index contributed by atoms with van der Waals surface area (Å²) in [6.07, 6.45) is 7.95. The van der Waals surface area contributed by atoms with Gasteiger partial charge in [0.2, 0.25) is 0 Å². The lowest BCUT2D eigenvalue weighted by Crippen LogP contribution is -1.87. The van der Waals surface area contributed by atoms with Gasteiger partial charge in [0.15, 0.2) is 0 Å².